The van der Waals surface area contributed by atoms with Crippen LogP contribution < -0.4 is 5.32 Å². The Hall–Kier alpha value is -1.80. The fourth-order valence-electron chi connectivity index (χ4n) is 1.69. The van der Waals surface area contributed by atoms with Crippen molar-refractivity contribution in [3.05, 3.63) is 58.6 Å². The van der Waals surface area contributed by atoms with E-state index in [1.54, 1.807) is 24.3 Å². The van der Waals surface area contributed by atoms with Crippen LogP contribution in [0.5, 0.6) is 5.75 Å². The molecule has 2 aromatic carbocycles. The van der Waals surface area contributed by atoms with Gasteiger partial charge in [0.25, 0.3) is 22.2 Å². The zero-order valence-corrected chi connectivity index (χ0v) is 12.2. The number of hydrogen-bond acceptors (Lipinski definition) is 3. The van der Waals surface area contributed by atoms with Gasteiger partial charge in [-0.05, 0) is 24.3 Å². The highest BCUT2D eigenvalue weighted by molar-refractivity contribution is 6.63. The number of benzene rings is 2. The Bertz CT molecular complexity index is 688. The van der Waals surface area contributed by atoms with Gasteiger partial charge in [0.2, 0.25) is 0 Å². The fourth-order valence-corrected chi connectivity index (χ4v) is 2.11. The van der Waals surface area contributed by atoms with Gasteiger partial charge in [-0.1, -0.05) is 29.8 Å². The lowest BCUT2D eigenvalue weighted by Crippen LogP contribution is -2.15. The summed E-state index contributed by atoms with van der Waals surface area (Å²) < 4.78 is -0.235. The third-order valence-corrected chi connectivity index (χ3v) is 3.19. The maximum Gasteiger partial charge on any atom is 0.259 e. The van der Waals surface area contributed by atoms with Crippen LogP contribution in [0.1, 0.15) is 20.7 Å². The first-order chi connectivity index (χ1) is 9.49. The predicted octanol–water partition coefficient (Wildman–Crippen LogP) is 2.61. The van der Waals surface area contributed by atoms with E-state index in [4.69, 9.17) is 11.6 Å². The van der Waals surface area contributed by atoms with Crippen LogP contribution in [-0.2, 0) is 0 Å². The largest absolute Gasteiger partial charge is 0.507 e. The third kappa shape index (κ3) is 3.20. The summed E-state index contributed by atoms with van der Waals surface area (Å²) in [5.41, 5.74) is 0.839. The minimum absolute atomic E-state index is 0.0837. The van der Waals surface area contributed by atoms with E-state index in [1.165, 1.54) is 18.2 Å². The van der Waals surface area contributed by atoms with Crippen LogP contribution in [-0.4, -0.2) is 31.9 Å². The molecule has 20 heavy (non-hydrogen) atoms. The van der Waals surface area contributed by atoms with Crippen molar-refractivity contribution < 1.29 is 14.7 Å². The highest BCUT2D eigenvalue weighted by Gasteiger charge is 2.14. The summed E-state index contributed by atoms with van der Waals surface area (Å²) >= 11 is 7.76. The van der Waals surface area contributed by atoms with Gasteiger partial charge in [0.1, 0.15) is 5.75 Å². The predicted molar refractivity (Wildman–Crippen MR) is 77.6 cm³/mol. The number of para-hydroxylation sites is 1. The van der Waals surface area contributed by atoms with E-state index < -0.39 is 5.91 Å². The molecule has 6 heteroatoms. The molecule has 2 aromatic rings. The number of nitrogens with one attached hydrogen (secondary N) is 1. The molecule has 98 valence electrons. The Morgan fingerprint density at radius 2 is 1.80 bits per heavy atom. The van der Waals surface area contributed by atoms with Crippen LogP contribution in [0.15, 0.2) is 42.5 Å². The molecule has 2 radical (unpaired) electrons. The summed E-state index contributed by atoms with van der Waals surface area (Å²) in [5.74, 6) is -0.734. The van der Waals surface area contributed by atoms with Crippen LogP contribution in [0, 0.1) is 0 Å². The molecule has 0 spiro atoms. The minimum Gasteiger partial charge on any atom is -0.507 e. The Morgan fingerprint density at radius 3 is 2.45 bits per heavy atom. The summed E-state index contributed by atoms with van der Waals surface area (Å²) in [4.78, 5) is 23.5. The van der Waals surface area contributed by atoms with Gasteiger partial charge in [0.15, 0.2) is 0 Å². The summed E-state index contributed by atoms with van der Waals surface area (Å²) in [7, 11) is 0. The number of rotatable bonds is 3. The standard InChI is InChI=1S/C14H9ClNO3.Al/c15-10-5-6-11(13(18)7-10)14(19)16-12-4-2-1-3-9(12)8-17;/h1-7,18H,(H,16,19);. The molecule has 2 N–H and O–H groups in total. The molecule has 0 unspecified atom stereocenters. The van der Waals surface area contributed by atoms with E-state index in [0.29, 0.717) is 16.3 Å². The minimum atomic E-state index is -0.516. The number of amides is 1. The number of phenolic OH excluding ortho intramolecular Hbond substituents is 1. The molecule has 0 bridgehead atoms. The molecule has 0 saturated heterocycles. The van der Waals surface area contributed by atoms with Crippen LogP contribution in [0.2, 0.25) is 5.02 Å². The molecule has 0 fully saturated rings. The van der Waals surface area contributed by atoms with Crippen LogP contribution in [0.25, 0.3) is 0 Å². The Balaban J connectivity index is 2.30. The van der Waals surface area contributed by atoms with Gasteiger partial charge in [-0.3, -0.25) is 4.79 Å². The zero-order chi connectivity index (χ0) is 14.7. The van der Waals surface area contributed by atoms with E-state index in [9.17, 15) is 14.7 Å². The van der Waals surface area contributed by atoms with E-state index >= 15 is 0 Å². The fraction of sp³-hybridized carbons (Fsp3) is 0. The van der Waals surface area contributed by atoms with Crippen molar-refractivity contribution in [2.45, 2.75) is 0 Å². The first kappa shape index (κ1) is 14.6. The first-order valence-electron chi connectivity index (χ1n) is 5.67. The summed E-state index contributed by atoms with van der Waals surface area (Å²) in [6, 6.07) is 10.8. The molecule has 1 amide bonds. The zero-order valence-electron chi connectivity index (χ0n) is 10.3. The van der Waals surface area contributed by atoms with Gasteiger partial charge in [0, 0.05) is 10.6 Å². The number of phenols is 1. The molecule has 0 saturated carbocycles. The lowest BCUT2D eigenvalue weighted by Gasteiger charge is -2.10. The topological polar surface area (TPSA) is 66.4 Å². The van der Waals surface area contributed by atoms with Gasteiger partial charge in [-0.2, -0.15) is 0 Å². The van der Waals surface area contributed by atoms with Crippen LogP contribution in [0.4, 0.5) is 5.69 Å². The average molecular weight is 302 g/mol. The van der Waals surface area contributed by atoms with E-state index in [1.807, 2.05) is 0 Å². The quantitative estimate of drug-likeness (QED) is 0.856. The second kappa shape index (κ2) is 6.10. The van der Waals surface area contributed by atoms with Crippen molar-refractivity contribution in [2.24, 2.45) is 0 Å². The highest BCUT2D eigenvalue weighted by Crippen LogP contribution is 2.23. The maximum atomic E-state index is 12.1. The van der Waals surface area contributed by atoms with Gasteiger partial charge in [-0.25, -0.2) is 0 Å². The van der Waals surface area contributed by atoms with Gasteiger partial charge in [-0.15, -0.1) is 0 Å². The van der Waals surface area contributed by atoms with Crippen molar-refractivity contribution in [1.82, 2.24) is 0 Å². The van der Waals surface area contributed by atoms with Gasteiger partial charge >= 0.3 is 0 Å². The molecule has 2 rings (SSSR count). The number of halogens is 1. The summed E-state index contributed by atoms with van der Waals surface area (Å²) in [5, 5.41) is 12.6. The Kier molecular flexibility index (Phi) is 4.46. The summed E-state index contributed by atoms with van der Waals surface area (Å²) in [6.45, 7) is 0. The van der Waals surface area contributed by atoms with Crippen LogP contribution >= 0.6 is 11.6 Å². The van der Waals surface area contributed by atoms with E-state index in [2.05, 4.69) is 21.6 Å². The molecule has 0 aliphatic heterocycles. The van der Waals surface area contributed by atoms with Gasteiger partial charge < -0.3 is 15.2 Å². The second-order valence-corrected chi connectivity index (χ2v) is 4.99. The number of anilines is 1. The second-order valence-electron chi connectivity index (χ2n) is 4.03. The molecule has 4 nitrogen and oxygen atoms in total. The third-order valence-electron chi connectivity index (χ3n) is 2.65. The number of hydrogen-bond donors (Lipinski definition) is 2. The SMILES string of the molecule is O=C(Nc1ccccc1[C](=O)[Al])c1ccc(Cl)cc1O. The van der Waals surface area contributed by atoms with E-state index in [0.717, 1.165) is 0 Å². The molecule has 0 aromatic heterocycles. The van der Waals surface area contributed by atoms with Crippen molar-refractivity contribution in [3.8, 4) is 5.75 Å². The molecule has 0 aliphatic carbocycles. The first-order valence-corrected chi connectivity index (χ1v) is 6.63. The summed E-state index contributed by atoms with van der Waals surface area (Å²) in [6.07, 6.45) is 0. The molecular weight excluding hydrogens is 293 g/mol. The lowest BCUT2D eigenvalue weighted by molar-refractivity contribution is 0.102. The highest BCUT2D eigenvalue weighted by atomic mass is 35.5. The average Bonchev–Trinajstić information content (AvgIpc) is 2.38. The maximum absolute atomic E-state index is 12.1. The Morgan fingerprint density at radius 1 is 1.10 bits per heavy atom. The van der Waals surface area contributed by atoms with E-state index in [-0.39, 0.29) is 16.0 Å². The molecule has 0 atom stereocenters. The van der Waals surface area contributed by atoms with Crippen LogP contribution in [0.3, 0.4) is 0 Å². The number of carbonyl (C=O) groups is 2. The Labute approximate surface area is 128 Å². The monoisotopic (exact) mass is 301 g/mol. The van der Waals surface area contributed by atoms with Gasteiger partial charge in [0.05, 0.1) is 15.9 Å². The number of carbonyl (C=O) groups excluding carboxylic acids is 2. The van der Waals surface area contributed by atoms with Crippen molar-refractivity contribution in [1.29, 1.82) is 0 Å². The smallest absolute Gasteiger partial charge is 0.259 e. The molecule has 0 heterocycles. The van der Waals surface area contributed by atoms with Crippen molar-refractivity contribution in [2.75, 3.05) is 5.32 Å². The molecule has 0 aliphatic rings. The van der Waals surface area contributed by atoms with Crippen molar-refractivity contribution in [3.63, 3.8) is 0 Å². The lowest BCUT2D eigenvalue weighted by atomic mass is 10.1. The number of aromatic hydroxyl groups is 1. The van der Waals surface area contributed by atoms with Crippen molar-refractivity contribution >= 4 is 44.1 Å². The normalized spacial score (nSPS) is 10.1. The molecular formula is C14H9AlClNO3.